The molecule has 3 heteroatoms. The zero-order valence-electron chi connectivity index (χ0n) is 15.2. The molecule has 0 saturated heterocycles. The van der Waals surface area contributed by atoms with Gasteiger partial charge < -0.3 is 10.1 Å². The van der Waals surface area contributed by atoms with E-state index in [1.54, 1.807) is 7.11 Å². The number of ether oxygens (including phenoxy) is 1. The largest absolute Gasteiger partial charge is 0.497 e. The van der Waals surface area contributed by atoms with Crippen molar-refractivity contribution in [3.05, 3.63) is 71.3 Å². The molecular formula is C22H28N2O. The lowest BCUT2D eigenvalue weighted by atomic mass is 10.00. The summed E-state index contributed by atoms with van der Waals surface area (Å²) in [4.78, 5) is 2.55. The van der Waals surface area contributed by atoms with Gasteiger partial charge in [-0.05, 0) is 42.2 Å². The van der Waals surface area contributed by atoms with E-state index in [0.717, 1.165) is 31.9 Å². The maximum Gasteiger partial charge on any atom is 0.118 e. The van der Waals surface area contributed by atoms with Crippen LogP contribution in [-0.2, 0) is 13.0 Å². The molecule has 2 aromatic carbocycles. The highest BCUT2D eigenvalue weighted by atomic mass is 16.5. The Morgan fingerprint density at radius 3 is 2.64 bits per heavy atom. The van der Waals surface area contributed by atoms with E-state index in [-0.39, 0.29) is 0 Å². The summed E-state index contributed by atoms with van der Waals surface area (Å²) < 4.78 is 5.18. The number of hydrogen-bond acceptors (Lipinski definition) is 3. The third kappa shape index (κ3) is 5.18. The van der Waals surface area contributed by atoms with E-state index in [4.69, 9.17) is 4.74 Å². The summed E-state index contributed by atoms with van der Waals surface area (Å²) in [5.74, 6) is 0.895. The van der Waals surface area contributed by atoms with Crippen molar-refractivity contribution < 1.29 is 4.74 Å². The van der Waals surface area contributed by atoms with Crippen LogP contribution >= 0.6 is 0 Å². The molecule has 2 aromatic rings. The lowest BCUT2D eigenvalue weighted by Crippen LogP contribution is -2.41. The van der Waals surface area contributed by atoms with Crippen molar-refractivity contribution in [3.8, 4) is 5.75 Å². The van der Waals surface area contributed by atoms with Crippen LogP contribution < -0.4 is 10.1 Å². The van der Waals surface area contributed by atoms with Gasteiger partial charge in [-0.25, -0.2) is 0 Å². The smallest absolute Gasteiger partial charge is 0.118 e. The van der Waals surface area contributed by atoms with Crippen molar-refractivity contribution in [2.24, 2.45) is 0 Å². The second-order valence-electron chi connectivity index (χ2n) is 6.74. The Labute approximate surface area is 151 Å². The molecule has 1 unspecified atom stereocenters. The second-order valence-corrected chi connectivity index (χ2v) is 6.74. The van der Waals surface area contributed by atoms with Gasteiger partial charge >= 0.3 is 0 Å². The first-order valence-corrected chi connectivity index (χ1v) is 9.07. The average Bonchev–Trinajstić information content (AvgIpc) is 2.65. The molecule has 1 heterocycles. The Morgan fingerprint density at radius 1 is 1.12 bits per heavy atom. The molecule has 1 aliphatic heterocycles. The predicted octanol–water partition coefficient (Wildman–Crippen LogP) is 3.74. The predicted molar refractivity (Wildman–Crippen MR) is 105 cm³/mol. The van der Waals surface area contributed by atoms with E-state index in [1.165, 1.54) is 23.1 Å². The van der Waals surface area contributed by atoms with Gasteiger partial charge in [-0.2, -0.15) is 0 Å². The molecule has 0 radical (unpaired) electrons. The first kappa shape index (κ1) is 17.7. The molecule has 0 saturated carbocycles. The molecule has 0 bridgehead atoms. The minimum absolute atomic E-state index is 0.478. The molecule has 0 amide bonds. The molecule has 0 aromatic heterocycles. The van der Waals surface area contributed by atoms with Crippen molar-refractivity contribution in [2.45, 2.75) is 25.9 Å². The minimum atomic E-state index is 0.478. The summed E-state index contributed by atoms with van der Waals surface area (Å²) in [7, 11) is 1.69. The number of methoxy groups -OCH3 is 1. The molecule has 132 valence electrons. The number of rotatable bonds is 7. The van der Waals surface area contributed by atoms with Gasteiger partial charge in [0.25, 0.3) is 0 Å². The first-order chi connectivity index (χ1) is 12.2. The Hall–Kier alpha value is -2.10. The molecule has 0 aliphatic carbocycles. The van der Waals surface area contributed by atoms with E-state index >= 15 is 0 Å². The fourth-order valence-electron chi connectivity index (χ4n) is 3.34. The van der Waals surface area contributed by atoms with Gasteiger partial charge in [0.2, 0.25) is 0 Å². The Kier molecular flexibility index (Phi) is 6.26. The van der Waals surface area contributed by atoms with Crippen molar-refractivity contribution in [1.29, 1.82) is 0 Å². The maximum absolute atomic E-state index is 5.18. The molecule has 1 atom stereocenters. The van der Waals surface area contributed by atoms with Crippen LogP contribution in [0.5, 0.6) is 5.75 Å². The Balaban J connectivity index is 1.41. The van der Waals surface area contributed by atoms with Crippen molar-refractivity contribution in [2.75, 3.05) is 26.7 Å². The topological polar surface area (TPSA) is 24.5 Å². The normalized spacial score (nSPS) is 15.9. The summed E-state index contributed by atoms with van der Waals surface area (Å²) in [6.07, 6.45) is 5.50. The highest BCUT2D eigenvalue weighted by Crippen LogP contribution is 2.18. The summed E-state index contributed by atoms with van der Waals surface area (Å²) in [6.45, 7) is 6.47. The van der Waals surface area contributed by atoms with Gasteiger partial charge in [0, 0.05) is 32.2 Å². The van der Waals surface area contributed by atoms with E-state index in [9.17, 15) is 0 Å². The zero-order valence-corrected chi connectivity index (χ0v) is 15.2. The molecule has 0 fully saturated rings. The lowest BCUT2D eigenvalue weighted by Gasteiger charge is -2.31. The number of nitrogens with zero attached hydrogens (tertiary/aromatic N) is 1. The summed E-state index contributed by atoms with van der Waals surface area (Å²) in [6, 6.07) is 17.4. The molecule has 1 N–H and O–H groups in total. The highest BCUT2D eigenvalue weighted by molar-refractivity contribution is 5.50. The molecule has 1 aliphatic rings. The number of hydrogen-bond donors (Lipinski definition) is 1. The minimum Gasteiger partial charge on any atom is -0.497 e. The monoisotopic (exact) mass is 336 g/mol. The van der Waals surface area contributed by atoms with Crippen molar-refractivity contribution in [3.63, 3.8) is 0 Å². The zero-order chi connectivity index (χ0) is 17.5. The molecule has 25 heavy (non-hydrogen) atoms. The standard InChI is InChI=1S/C22H28N2O/c1-18(16-24-15-13-20-7-3-4-8-21(20)17-24)23-14-5-6-19-9-11-22(25-2)12-10-19/h3-12,18,23H,13-17H2,1-2H3. The van der Waals surface area contributed by atoms with Crippen molar-refractivity contribution >= 4 is 6.08 Å². The average molecular weight is 336 g/mol. The first-order valence-electron chi connectivity index (χ1n) is 9.07. The molecule has 0 spiro atoms. The van der Waals surface area contributed by atoms with Gasteiger partial charge in [-0.15, -0.1) is 0 Å². The summed E-state index contributed by atoms with van der Waals surface area (Å²) in [5, 5.41) is 3.59. The van der Waals surface area contributed by atoms with E-state index in [0.29, 0.717) is 6.04 Å². The van der Waals surface area contributed by atoms with E-state index in [1.807, 2.05) is 12.1 Å². The van der Waals surface area contributed by atoms with Crippen LogP contribution in [0.15, 0.2) is 54.6 Å². The molecular weight excluding hydrogens is 308 g/mol. The maximum atomic E-state index is 5.18. The second kappa shape index (κ2) is 8.84. The fourth-order valence-corrected chi connectivity index (χ4v) is 3.34. The molecule has 3 nitrogen and oxygen atoms in total. The van der Waals surface area contributed by atoms with E-state index < -0.39 is 0 Å². The van der Waals surface area contributed by atoms with Crippen LogP contribution in [0.2, 0.25) is 0 Å². The van der Waals surface area contributed by atoms with Crippen molar-refractivity contribution in [1.82, 2.24) is 10.2 Å². The van der Waals surface area contributed by atoms with Gasteiger partial charge in [0.15, 0.2) is 0 Å². The Morgan fingerprint density at radius 2 is 1.88 bits per heavy atom. The van der Waals surface area contributed by atoms with Gasteiger partial charge in [0.05, 0.1) is 7.11 Å². The summed E-state index contributed by atoms with van der Waals surface area (Å²) in [5.41, 5.74) is 4.20. The number of benzene rings is 2. The SMILES string of the molecule is COc1ccc(C=CCNC(C)CN2CCc3ccccc3C2)cc1. The lowest BCUT2D eigenvalue weighted by molar-refractivity contribution is 0.231. The Bertz CT molecular complexity index is 693. The van der Waals surface area contributed by atoms with Crippen LogP contribution in [-0.4, -0.2) is 37.7 Å². The van der Waals surface area contributed by atoms with Crippen LogP contribution in [0.3, 0.4) is 0 Å². The van der Waals surface area contributed by atoms with Crippen LogP contribution in [0.25, 0.3) is 6.08 Å². The van der Waals surface area contributed by atoms with Gasteiger partial charge in [-0.1, -0.05) is 48.6 Å². The summed E-state index contributed by atoms with van der Waals surface area (Å²) >= 11 is 0. The highest BCUT2D eigenvalue weighted by Gasteiger charge is 2.16. The third-order valence-corrected chi connectivity index (χ3v) is 4.75. The van der Waals surface area contributed by atoms with Crippen LogP contribution in [0.1, 0.15) is 23.6 Å². The van der Waals surface area contributed by atoms with Crippen LogP contribution in [0.4, 0.5) is 0 Å². The fraction of sp³-hybridized carbons (Fsp3) is 0.364. The number of nitrogens with one attached hydrogen (secondary N) is 1. The van der Waals surface area contributed by atoms with Gasteiger partial charge in [-0.3, -0.25) is 4.90 Å². The van der Waals surface area contributed by atoms with E-state index in [2.05, 4.69) is 65.7 Å². The van der Waals surface area contributed by atoms with Gasteiger partial charge in [0.1, 0.15) is 5.75 Å². The van der Waals surface area contributed by atoms with Crippen LogP contribution in [0, 0.1) is 0 Å². The number of fused-ring (bicyclic) bond motifs is 1. The third-order valence-electron chi connectivity index (χ3n) is 4.75. The quantitative estimate of drug-likeness (QED) is 0.833. The molecule has 3 rings (SSSR count).